The molecule has 6 heteroatoms. The van der Waals surface area contributed by atoms with Gasteiger partial charge in [0.05, 0.1) is 0 Å². The van der Waals surface area contributed by atoms with Crippen molar-refractivity contribution in [3.05, 3.63) is 0 Å². The van der Waals surface area contributed by atoms with Crippen molar-refractivity contribution in [2.24, 2.45) is 0 Å². The predicted molar refractivity (Wildman–Crippen MR) is 41.6 cm³/mol. The Bertz CT molecular complexity index is 132. The summed E-state index contributed by atoms with van der Waals surface area (Å²) in [5.74, 6) is 0. The smallest absolute Gasteiger partial charge is 0.324 e. The van der Waals surface area contributed by atoms with Gasteiger partial charge in [-0.05, 0) is 12.8 Å². The molecule has 62 valence electrons. The van der Waals surface area contributed by atoms with Gasteiger partial charge in [-0.2, -0.15) is 0 Å². The van der Waals surface area contributed by atoms with Crippen LogP contribution in [0.5, 0.6) is 0 Å². The fourth-order valence-corrected chi connectivity index (χ4v) is 1.35. The van der Waals surface area contributed by atoms with Crippen LogP contribution < -0.4 is 0 Å². The molecular weight excluding hydrogens is 198 g/mol. The van der Waals surface area contributed by atoms with Crippen molar-refractivity contribution in [3.8, 4) is 0 Å². The van der Waals surface area contributed by atoms with E-state index >= 15 is 0 Å². The minimum atomic E-state index is -3.84. The SMILES string of the molecule is O=P(O)(O)CCCC(Cl)Cl. The zero-order valence-corrected chi connectivity index (χ0v) is 7.61. The molecule has 2 N–H and O–H groups in total. The fraction of sp³-hybridized carbons (Fsp3) is 1.00. The van der Waals surface area contributed by atoms with E-state index in [4.69, 9.17) is 33.0 Å². The van der Waals surface area contributed by atoms with Crippen molar-refractivity contribution in [1.82, 2.24) is 0 Å². The topological polar surface area (TPSA) is 57.5 Å². The van der Waals surface area contributed by atoms with Gasteiger partial charge in [0, 0.05) is 6.16 Å². The maximum atomic E-state index is 10.2. The van der Waals surface area contributed by atoms with Crippen LogP contribution in [0.4, 0.5) is 0 Å². The van der Waals surface area contributed by atoms with Crippen LogP contribution in [0.25, 0.3) is 0 Å². The zero-order valence-electron chi connectivity index (χ0n) is 5.20. The highest BCUT2D eigenvalue weighted by Gasteiger charge is 2.12. The second kappa shape index (κ2) is 4.58. The fourth-order valence-electron chi connectivity index (χ4n) is 0.452. The normalized spacial score (nSPS) is 12.5. The van der Waals surface area contributed by atoms with E-state index in [9.17, 15) is 4.57 Å². The lowest BCUT2D eigenvalue weighted by Crippen LogP contribution is -1.92. The number of rotatable bonds is 4. The minimum Gasteiger partial charge on any atom is -0.324 e. The van der Waals surface area contributed by atoms with E-state index in [0.29, 0.717) is 12.8 Å². The third-order valence-corrected chi connectivity index (χ3v) is 2.21. The van der Waals surface area contributed by atoms with E-state index < -0.39 is 12.4 Å². The van der Waals surface area contributed by atoms with Crippen LogP contribution >= 0.6 is 30.8 Å². The quantitative estimate of drug-likeness (QED) is 0.545. The highest BCUT2D eigenvalue weighted by molar-refractivity contribution is 7.51. The molecule has 0 spiro atoms. The Morgan fingerprint density at radius 1 is 1.40 bits per heavy atom. The van der Waals surface area contributed by atoms with Crippen LogP contribution in [0, 0.1) is 0 Å². The Balaban J connectivity index is 3.30. The summed E-state index contributed by atoms with van der Waals surface area (Å²) in [7, 11) is -3.84. The molecule has 0 heterocycles. The molecule has 0 saturated carbocycles. The molecule has 0 unspecified atom stereocenters. The van der Waals surface area contributed by atoms with Crippen LogP contribution in [-0.2, 0) is 4.57 Å². The van der Waals surface area contributed by atoms with Crippen molar-refractivity contribution < 1.29 is 14.4 Å². The number of hydrogen-bond donors (Lipinski definition) is 2. The molecule has 3 nitrogen and oxygen atoms in total. The van der Waals surface area contributed by atoms with Gasteiger partial charge in [0.25, 0.3) is 0 Å². The predicted octanol–water partition coefficient (Wildman–Crippen LogP) is 1.75. The maximum absolute atomic E-state index is 10.2. The van der Waals surface area contributed by atoms with Gasteiger partial charge in [-0.1, -0.05) is 0 Å². The molecule has 0 aliphatic rings. The van der Waals surface area contributed by atoms with Crippen LogP contribution in [0.2, 0.25) is 0 Å². The second-order valence-corrected chi connectivity index (χ2v) is 4.98. The molecular formula is C4H9Cl2O3P. The summed E-state index contributed by atoms with van der Waals surface area (Å²) in [4.78, 5) is 16.2. The van der Waals surface area contributed by atoms with E-state index in [-0.39, 0.29) is 6.16 Å². The summed E-state index contributed by atoms with van der Waals surface area (Å²) in [6.07, 6.45) is 0.652. The monoisotopic (exact) mass is 206 g/mol. The highest BCUT2D eigenvalue weighted by Crippen LogP contribution is 2.35. The Morgan fingerprint density at radius 3 is 2.20 bits per heavy atom. The van der Waals surface area contributed by atoms with E-state index in [0.717, 1.165) is 0 Å². The third kappa shape index (κ3) is 8.73. The van der Waals surface area contributed by atoms with Crippen LogP contribution in [0.1, 0.15) is 12.8 Å². The van der Waals surface area contributed by atoms with Crippen LogP contribution in [-0.4, -0.2) is 20.8 Å². The van der Waals surface area contributed by atoms with Crippen molar-refractivity contribution >= 4 is 30.8 Å². The third-order valence-electron chi connectivity index (χ3n) is 0.872. The first-order chi connectivity index (χ1) is 4.42. The van der Waals surface area contributed by atoms with Crippen molar-refractivity contribution in [2.75, 3.05) is 6.16 Å². The van der Waals surface area contributed by atoms with E-state index in [1.807, 2.05) is 0 Å². The molecule has 0 aliphatic heterocycles. The lowest BCUT2D eigenvalue weighted by atomic mass is 10.4. The van der Waals surface area contributed by atoms with Crippen molar-refractivity contribution in [1.29, 1.82) is 0 Å². The highest BCUT2D eigenvalue weighted by atomic mass is 35.5. The Hall–Kier alpha value is 0.730. The Morgan fingerprint density at radius 2 is 1.90 bits per heavy atom. The summed E-state index contributed by atoms with van der Waals surface area (Å²) >= 11 is 10.6. The van der Waals surface area contributed by atoms with E-state index in [1.54, 1.807) is 0 Å². The van der Waals surface area contributed by atoms with Gasteiger partial charge in [0.2, 0.25) is 0 Å². The first-order valence-corrected chi connectivity index (χ1v) is 5.41. The molecule has 0 atom stereocenters. The molecule has 0 rings (SSSR count). The average Bonchev–Trinajstić information content (AvgIpc) is 1.59. The van der Waals surface area contributed by atoms with Crippen LogP contribution in [0.15, 0.2) is 0 Å². The molecule has 0 aliphatic carbocycles. The van der Waals surface area contributed by atoms with Gasteiger partial charge in [-0.3, -0.25) is 4.57 Å². The van der Waals surface area contributed by atoms with Gasteiger partial charge >= 0.3 is 7.60 Å². The average molecular weight is 207 g/mol. The molecule has 0 radical (unpaired) electrons. The summed E-state index contributed by atoms with van der Waals surface area (Å²) in [6, 6.07) is 0. The second-order valence-electron chi connectivity index (χ2n) is 1.92. The molecule has 0 aromatic carbocycles. The van der Waals surface area contributed by atoms with Gasteiger partial charge in [0.15, 0.2) is 0 Å². The maximum Gasteiger partial charge on any atom is 0.325 e. The first-order valence-electron chi connectivity index (χ1n) is 2.74. The minimum absolute atomic E-state index is 0.136. The van der Waals surface area contributed by atoms with Gasteiger partial charge in [-0.25, -0.2) is 0 Å². The molecule has 0 aromatic heterocycles. The largest absolute Gasteiger partial charge is 0.325 e. The summed E-state index contributed by atoms with van der Waals surface area (Å²) in [5.41, 5.74) is 0. The van der Waals surface area contributed by atoms with Crippen molar-refractivity contribution in [3.63, 3.8) is 0 Å². The first kappa shape index (κ1) is 10.7. The van der Waals surface area contributed by atoms with Crippen molar-refractivity contribution in [2.45, 2.75) is 17.7 Å². The van der Waals surface area contributed by atoms with E-state index in [1.165, 1.54) is 0 Å². The van der Waals surface area contributed by atoms with Crippen LogP contribution in [0.3, 0.4) is 0 Å². The van der Waals surface area contributed by atoms with Gasteiger partial charge < -0.3 is 9.79 Å². The number of halogens is 2. The number of alkyl halides is 2. The molecule has 0 bridgehead atoms. The molecule has 0 aromatic rings. The zero-order chi connectivity index (χ0) is 8.20. The van der Waals surface area contributed by atoms with Gasteiger partial charge in [-0.15, -0.1) is 23.2 Å². The molecule has 0 amide bonds. The summed E-state index contributed by atoms with van der Waals surface area (Å²) < 4.78 is 10.2. The summed E-state index contributed by atoms with van der Waals surface area (Å²) in [6.45, 7) is 0. The molecule has 10 heavy (non-hydrogen) atoms. The Kier molecular flexibility index (Phi) is 4.91. The molecule has 0 saturated heterocycles. The van der Waals surface area contributed by atoms with E-state index in [2.05, 4.69) is 0 Å². The standard InChI is InChI=1S/C4H9Cl2O3P/c5-4(6)2-1-3-10(7,8)9/h4H,1-3H2,(H2,7,8,9). The number of hydrogen-bond acceptors (Lipinski definition) is 1. The molecule has 0 fully saturated rings. The Labute approximate surface area is 69.5 Å². The lowest BCUT2D eigenvalue weighted by molar-refractivity contribution is 0.371. The lowest BCUT2D eigenvalue weighted by Gasteiger charge is -2.02. The summed E-state index contributed by atoms with van der Waals surface area (Å²) in [5, 5.41) is 0. The van der Waals surface area contributed by atoms with Gasteiger partial charge in [0.1, 0.15) is 4.84 Å².